The average Bonchev–Trinajstić information content (AvgIpc) is 3.43. The monoisotopic (exact) mass is 1070 g/mol. The molecule has 0 bridgehead atoms. The van der Waals surface area contributed by atoms with Crippen LogP contribution in [-0.2, 0) is 28.6 Å². The lowest BCUT2D eigenvalue weighted by molar-refractivity contribution is -0.166. The van der Waals surface area contributed by atoms with Crippen LogP contribution in [-0.4, -0.2) is 37.2 Å². The van der Waals surface area contributed by atoms with E-state index in [1.54, 1.807) is 6.08 Å². The first-order chi connectivity index (χ1) is 38.0. The second-order valence-corrected chi connectivity index (χ2v) is 21.7. The SMILES string of the molecule is CC/C=C\C/C=C\C/C=C\C/C=C\C/C=C\CC(=O)OC(COC(=O)CCCCCCC/C=C\CCCCCCCC)COC(=O)CCCCCCCCCCCCCCCCCCC/C=C\C/C=C\CCCCCCC. The highest BCUT2D eigenvalue weighted by molar-refractivity contribution is 5.72. The molecule has 0 rings (SSSR count). The lowest BCUT2D eigenvalue weighted by Gasteiger charge is -2.18. The summed E-state index contributed by atoms with van der Waals surface area (Å²) in [5.41, 5.74) is 0. The zero-order valence-electron chi connectivity index (χ0n) is 50.7. The van der Waals surface area contributed by atoms with Gasteiger partial charge in [0.1, 0.15) is 13.2 Å². The third-order valence-corrected chi connectivity index (χ3v) is 14.1. The molecule has 0 saturated carbocycles. The average molecular weight is 1070 g/mol. The van der Waals surface area contributed by atoms with Crippen LogP contribution in [0.4, 0.5) is 0 Å². The number of ether oxygens (including phenoxy) is 3. The van der Waals surface area contributed by atoms with Crippen molar-refractivity contribution >= 4 is 17.9 Å². The quantitative estimate of drug-likeness (QED) is 0.0261. The minimum Gasteiger partial charge on any atom is -0.462 e. The summed E-state index contributed by atoms with van der Waals surface area (Å²) in [5, 5.41) is 0. The van der Waals surface area contributed by atoms with Crippen LogP contribution in [0.2, 0.25) is 0 Å². The maximum atomic E-state index is 12.8. The number of carbonyl (C=O) groups is 3. The molecule has 0 saturated heterocycles. The van der Waals surface area contributed by atoms with E-state index in [1.165, 1.54) is 186 Å². The van der Waals surface area contributed by atoms with Gasteiger partial charge in [-0.15, -0.1) is 0 Å². The molecule has 0 heterocycles. The van der Waals surface area contributed by atoms with Crippen molar-refractivity contribution in [2.45, 2.75) is 322 Å². The summed E-state index contributed by atoms with van der Waals surface area (Å²) in [6.07, 6.45) is 87.4. The molecule has 0 N–H and O–H groups in total. The Morgan fingerprint density at radius 1 is 0.286 bits per heavy atom. The molecule has 0 aromatic rings. The smallest absolute Gasteiger partial charge is 0.310 e. The van der Waals surface area contributed by atoms with Crippen LogP contribution in [0.15, 0.2) is 97.2 Å². The molecule has 0 aromatic heterocycles. The van der Waals surface area contributed by atoms with Crippen LogP contribution in [0.25, 0.3) is 0 Å². The van der Waals surface area contributed by atoms with Gasteiger partial charge >= 0.3 is 17.9 Å². The molecule has 0 amide bonds. The highest BCUT2D eigenvalue weighted by Crippen LogP contribution is 2.16. The van der Waals surface area contributed by atoms with Crippen molar-refractivity contribution in [1.29, 1.82) is 0 Å². The summed E-state index contributed by atoms with van der Waals surface area (Å²) in [4.78, 5) is 38.2. The number of esters is 3. The van der Waals surface area contributed by atoms with Gasteiger partial charge in [-0.05, 0) is 103 Å². The van der Waals surface area contributed by atoms with Crippen LogP contribution >= 0.6 is 0 Å². The molecule has 442 valence electrons. The van der Waals surface area contributed by atoms with Crippen molar-refractivity contribution in [3.63, 3.8) is 0 Å². The van der Waals surface area contributed by atoms with Gasteiger partial charge in [-0.3, -0.25) is 14.4 Å². The van der Waals surface area contributed by atoms with E-state index < -0.39 is 12.1 Å². The summed E-state index contributed by atoms with van der Waals surface area (Å²) in [6.45, 7) is 6.45. The zero-order chi connectivity index (χ0) is 55.7. The first-order valence-corrected chi connectivity index (χ1v) is 32.7. The van der Waals surface area contributed by atoms with E-state index in [0.717, 1.165) is 89.9 Å². The van der Waals surface area contributed by atoms with Gasteiger partial charge in [-0.2, -0.15) is 0 Å². The van der Waals surface area contributed by atoms with Crippen LogP contribution < -0.4 is 0 Å². The van der Waals surface area contributed by atoms with Crippen LogP contribution in [0.1, 0.15) is 316 Å². The van der Waals surface area contributed by atoms with Crippen molar-refractivity contribution in [2.24, 2.45) is 0 Å². The highest BCUT2D eigenvalue weighted by Gasteiger charge is 2.19. The second-order valence-electron chi connectivity index (χ2n) is 21.7. The van der Waals surface area contributed by atoms with E-state index in [-0.39, 0.29) is 31.6 Å². The standard InChI is InChI=1S/C71H122O6/c1-4-7-10-13-16-19-22-25-28-29-30-31-32-33-34-35-36-37-38-39-40-41-44-46-49-52-55-58-61-64-70(73)76-67-68(77-71(74)65-62-59-56-53-50-47-43-27-24-21-18-15-12-9-6-3)66-75-69(72)63-60-57-54-51-48-45-42-26-23-20-17-14-11-8-5-2/h9,12,18,21-22,25-27,29-30,42-43,50,53,59,62,68H,4-8,10-11,13-17,19-20,23-24,28,31-41,44-49,51-52,54-58,60-61,63-67H2,1-3H3/b12-9-,21-18-,25-22-,30-29-,42-26-,43-27-,53-50-,62-59-. The van der Waals surface area contributed by atoms with Crippen LogP contribution in [0.5, 0.6) is 0 Å². The molecule has 0 aliphatic rings. The van der Waals surface area contributed by atoms with Gasteiger partial charge in [0.05, 0.1) is 6.42 Å². The first kappa shape index (κ1) is 73.3. The Morgan fingerprint density at radius 2 is 0.545 bits per heavy atom. The largest absolute Gasteiger partial charge is 0.462 e. The molecule has 0 spiro atoms. The molecule has 6 nitrogen and oxygen atoms in total. The van der Waals surface area contributed by atoms with Crippen LogP contribution in [0.3, 0.4) is 0 Å². The molecule has 0 fully saturated rings. The summed E-state index contributed by atoms with van der Waals surface area (Å²) < 4.78 is 16.8. The lowest BCUT2D eigenvalue weighted by atomic mass is 10.0. The first-order valence-electron chi connectivity index (χ1n) is 32.7. The second kappa shape index (κ2) is 64.9. The van der Waals surface area contributed by atoms with E-state index in [2.05, 4.69) is 106 Å². The normalized spacial score (nSPS) is 12.7. The Balaban J connectivity index is 4.29. The maximum Gasteiger partial charge on any atom is 0.310 e. The number of hydrogen-bond acceptors (Lipinski definition) is 6. The third kappa shape index (κ3) is 63.0. The molecule has 0 aromatic carbocycles. The van der Waals surface area contributed by atoms with E-state index in [1.807, 2.05) is 6.08 Å². The van der Waals surface area contributed by atoms with E-state index >= 15 is 0 Å². The molecule has 6 heteroatoms. The molecule has 1 atom stereocenters. The highest BCUT2D eigenvalue weighted by atomic mass is 16.6. The van der Waals surface area contributed by atoms with Gasteiger partial charge < -0.3 is 14.2 Å². The predicted octanol–water partition coefficient (Wildman–Crippen LogP) is 22.4. The molecular weight excluding hydrogens is 949 g/mol. The topological polar surface area (TPSA) is 78.9 Å². The number of unbranched alkanes of at least 4 members (excludes halogenated alkanes) is 33. The number of carbonyl (C=O) groups excluding carboxylic acids is 3. The Bertz CT molecular complexity index is 1510. The Morgan fingerprint density at radius 3 is 0.870 bits per heavy atom. The van der Waals surface area contributed by atoms with Crippen LogP contribution in [0, 0.1) is 0 Å². The summed E-state index contributed by atoms with van der Waals surface area (Å²) in [5.74, 6) is -1.05. The van der Waals surface area contributed by atoms with Gasteiger partial charge in [0.2, 0.25) is 0 Å². The number of allylic oxidation sites excluding steroid dienone is 15. The maximum absolute atomic E-state index is 12.8. The lowest BCUT2D eigenvalue weighted by Crippen LogP contribution is -2.30. The van der Waals surface area contributed by atoms with Crippen molar-refractivity contribution in [1.82, 2.24) is 0 Å². The van der Waals surface area contributed by atoms with Gasteiger partial charge in [-0.1, -0.05) is 291 Å². The minimum atomic E-state index is -0.836. The molecular formula is C71H122O6. The van der Waals surface area contributed by atoms with Gasteiger partial charge in [0, 0.05) is 12.8 Å². The number of rotatable bonds is 59. The Labute approximate surface area is 477 Å². The Hall–Kier alpha value is -3.67. The fourth-order valence-electron chi connectivity index (χ4n) is 9.19. The van der Waals surface area contributed by atoms with Crippen molar-refractivity contribution in [3.8, 4) is 0 Å². The van der Waals surface area contributed by atoms with Crippen molar-refractivity contribution < 1.29 is 28.6 Å². The molecule has 0 aliphatic carbocycles. The zero-order valence-corrected chi connectivity index (χ0v) is 50.7. The summed E-state index contributed by atoms with van der Waals surface area (Å²) >= 11 is 0. The summed E-state index contributed by atoms with van der Waals surface area (Å²) in [7, 11) is 0. The number of hydrogen-bond donors (Lipinski definition) is 0. The van der Waals surface area contributed by atoms with E-state index in [9.17, 15) is 14.4 Å². The molecule has 0 radical (unpaired) electrons. The van der Waals surface area contributed by atoms with E-state index in [0.29, 0.717) is 12.8 Å². The fraction of sp³-hybridized carbons (Fsp3) is 0.732. The predicted molar refractivity (Wildman–Crippen MR) is 334 cm³/mol. The van der Waals surface area contributed by atoms with Gasteiger partial charge in [0.25, 0.3) is 0 Å². The van der Waals surface area contributed by atoms with E-state index in [4.69, 9.17) is 14.2 Å². The molecule has 77 heavy (non-hydrogen) atoms. The van der Waals surface area contributed by atoms with Crippen molar-refractivity contribution in [3.05, 3.63) is 97.2 Å². The minimum absolute atomic E-state index is 0.0953. The summed E-state index contributed by atoms with van der Waals surface area (Å²) in [6, 6.07) is 0. The van der Waals surface area contributed by atoms with Gasteiger partial charge in [0.15, 0.2) is 6.10 Å². The van der Waals surface area contributed by atoms with Crippen molar-refractivity contribution in [2.75, 3.05) is 13.2 Å². The Kier molecular flexibility index (Phi) is 61.8. The fourth-order valence-corrected chi connectivity index (χ4v) is 9.19. The molecule has 0 aliphatic heterocycles. The molecule has 1 unspecified atom stereocenters. The third-order valence-electron chi connectivity index (χ3n) is 14.1. The van der Waals surface area contributed by atoms with Gasteiger partial charge in [-0.25, -0.2) is 0 Å².